The van der Waals surface area contributed by atoms with E-state index in [1.807, 2.05) is 84.4 Å². The number of anilines is 1. The number of amides is 2. The monoisotopic (exact) mass is 612 g/mol. The van der Waals surface area contributed by atoms with Gasteiger partial charge >= 0.3 is 0 Å². The molecule has 0 bridgehead atoms. The summed E-state index contributed by atoms with van der Waals surface area (Å²) >= 11 is 1.51. The van der Waals surface area contributed by atoms with E-state index in [1.165, 1.54) is 11.8 Å². The van der Waals surface area contributed by atoms with Crippen LogP contribution in [0, 0.1) is 6.92 Å². The lowest BCUT2D eigenvalue weighted by Gasteiger charge is -2.24. The van der Waals surface area contributed by atoms with Crippen molar-refractivity contribution >= 4 is 29.4 Å². The second-order valence-electron chi connectivity index (χ2n) is 10.9. The van der Waals surface area contributed by atoms with Crippen molar-refractivity contribution in [3.8, 4) is 28.4 Å². The highest BCUT2D eigenvalue weighted by Crippen LogP contribution is 2.49. The second-order valence-corrected chi connectivity index (χ2v) is 12.0. The number of thioether (sulfide) groups is 1. The Bertz CT molecular complexity index is 1650. The maximum absolute atomic E-state index is 14.0. The highest BCUT2D eigenvalue weighted by molar-refractivity contribution is 8.00. The van der Waals surface area contributed by atoms with Gasteiger partial charge in [-0.3, -0.25) is 14.5 Å². The van der Waals surface area contributed by atoms with Crippen molar-refractivity contribution < 1.29 is 23.8 Å². The minimum Gasteiger partial charge on any atom is -0.493 e. The fourth-order valence-corrected chi connectivity index (χ4v) is 6.97. The summed E-state index contributed by atoms with van der Waals surface area (Å²) in [6, 6.07) is 23.8. The van der Waals surface area contributed by atoms with E-state index in [0.717, 1.165) is 46.5 Å². The number of methoxy groups -OCH3 is 2. The first kappa shape index (κ1) is 29.8. The Labute approximate surface area is 261 Å². The number of aromatic nitrogens is 2. The Morgan fingerprint density at radius 3 is 2.59 bits per heavy atom. The molecule has 9 nitrogen and oxygen atoms in total. The first-order valence-corrected chi connectivity index (χ1v) is 15.8. The minimum absolute atomic E-state index is 0.00170. The van der Waals surface area contributed by atoms with Gasteiger partial charge in [-0.15, -0.1) is 11.8 Å². The predicted molar refractivity (Wildman–Crippen MR) is 172 cm³/mol. The zero-order chi connectivity index (χ0) is 30.6. The van der Waals surface area contributed by atoms with Gasteiger partial charge in [-0.2, -0.15) is 5.10 Å². The molecular weight excluding hydrogens is 576 g/mol. The first-order valence-electron chi connectivity index (χ1n) is 14.7. The highest BCUT2D eigenvalue weighted by atomic mass is 32.2. The molecule has 10 heteroatoms. The summed E-state index contributed by atoms with van der Waals surface area (Å²) in [5.41, 5.74) is 5.31. The van der Waals surface area contributed by atoms with Gasteiger partial charge in [-0.25, -0.2) is 4.68 Å². The number of benzene rings is 3. The Kier molecular flexibility index (Phi) is 8.90. The van der Waals surface area contributed by atoms with Gasteiger partial charge < -0.3 is 19.5 Å². The van der Waals surface area contributed by atoms with E-state index in [1.54, 1.807) is 19.1 Å². The molecule has 44 heavy (non-hydrogen) atoms. The van der Waals surface area contributed by atoms with Gasteiger partial charge in [-0.1, -0.05) is 48.5 Å². The molecule has 6 rings (SSSR count). The van der Waals surface area contributed by atoms with Gasteiger partial charge in [0, 0.05) is 24.3 Å². The van der Waals surface area contributed by atoms with Gasteiger partial charge in [0.2, 0.25) is 11.8 Å². The molecule has 0 spiro atoms. The normalized spacial score (nSPS) is 18.1. The molecule has 3 aromatic carbocycles. The average molecular weight is 613 g/mol. The molecule has 3 heterocycles. The number of nitrogens with one attached hydrogen (secondary N) is 1. The molecule has 1 fully saturated rings. The summed E-state index contributed by atoms with van der Waals surface area (Å²) in [5.74, 6) is 1.56. The number of fused-ring (bicyclic) bond motifs is 1. The zero-order valence-corrected chi connectivity index (χ0v) is 25.9. The fourth-order valence-electron chi connectivity index (χ4n) is 5.78. The van der Waals surface area contributed by atoms with Crippen molar-refractivity contribution in [1.29, 1.82) is 0 Å². The summed E-state index contributed by atoms with van der Waals surface area (Å²) in [6.07, 6.45) is 1.90. The summed E-state index contributed by atoms with van der Waals surface area (Å²) < 4.78 is 18.7. The van der Waals surface area contributed by atoms with Gasteiger partial charge in [0.05, 0.1) is 42.7 Å². The Morgan fingerprint density at radius 1 is 1.05 bits per heavy atom. The van der Waals surface area contributed by atoms with Gasteiger partial charge in [0.1, 0.15) is 12.4 Å². The Balaban J connectivity index is 1.53. The molecule has 1 aromatic heterocycles. The highest BCUT2D eigenvalue weighted by Gasteiger charge is 2.38. The maximum Gasteiger partial charge on any atom is 0.240 e. The third kappa shape index (κ3) is 6.05. The van der Waals surface area contributed by atoms with E-state index >= 15 is 0 Å². The lowest BCUT2D eigenvalue weighted by atomic mass is 9.99. The van der Waals surface area contributed by atoms with E-state index in [2.05, 4.69) is 5.32 Å². The molecule has 2 amide bonds. The van der Waals surface area contributed by atoms with E-state index < -0.39 is 0 Å². The van der Waals surface area contributed by atoms with Crippen LogP contribution in [-0.4, -0.2) is 67.4 Å². The molecule has 0 aliphatic carbocycles. The molecular formula is C34H36N4O5S. The number of carbonyl (C=O) groups is 2. The maximum atomic E-state index is 14.0. The third-order valence-electron chi connectivity index (χ3n) is 7.95. The van der Waals surface area contributed by atoms with Crippen molar-refractivity contribution in [2.45, 2.75) is 31.1 Å². The molecule has 4 aromatic rings. The van der Waals surface area contributed by atoms with Crippen LogP contribution in [0.25, 0.3) is 16.9 Å². The van der Waals surface area contributed by atoms with Crippen molar-refractivity contribution in [3.05, 3.63) is 89.5 Å². The molecule has 0 radical (unpaired) electrons. The van der Waals surface area contributed by atoms with Crippen molar-refractivity contribution in [2.24, 2.45) is 0 Å². The molecule has 2 aliphatic heterocycles. The fraction of sp³-hybridized carbons (Fsp3) is 0.324. The van der Waals surface area contributed by atoms with Crippen LogP contribution < -0.4 is 19.7 Å². The molecule has 1 N–H and O–H groups in total. The van der Waals surface area contributed by atoms with Crippen LogP contribution in [0.4, 0.5) is 5.82 Å². The summed E-state index contributed by atoms with van der Waals surface area (Å²) in [4.78, 5) is 29.0. The second kappa shape index (κ2) is 13.2. The molecule has 0 unspecified atom stereocenters. The predicted octanol–water partition coefficient (Wildman–Crippen LogP) is 5.33. The summed E-state index contributed by atoms with van der Waals surface area (Å²) in [5, 5.41) is 7.88. The van der Waals surface area contributed by atoms with E-state index in [0.29, 0.717) is 30.5 Å². The third-order valence-corrected chi connectivity index (χ3v) is 9.20. The summed E-state index contributed by atoms with van der Waals surface area (Å²) in [7, 11) is 3.22. The molecule has 228 valence electrons. The van der Waals surface area contributed by atoms with Gasteiger partial charge in [-0.05, 0) is 55.2 Å². The number of ether oxygens (including phenoxy) is 3. The quantitative estimate of drug-likeness (QED) is 0.273. The number of hydrogen-bond acceptors (Lipinski definition) is 7. The van der Waals surface area contributed by atoms with E-state index in [4.69, 9.17) is 19.3 Å². The van der Waals surface area contributed by atoms with Crippen LogP contribution in [-0.2, 0) is 14.3 Å². The van der Waals surface area contributed by atoms with Crippen LogP contribution in [0.2, 0.25) is 0 Å². The van der Waals surface area contributed by atoms with Crippen LogP contribution >= 0.6 is 11.8 Å². The van der Waals surface area contributed by atoms with Crippen LogP contribution in [0.15, 0.2) is 72.8 Å². The van der Waals surface area contributed by atoms with Crippen molar-refractivity contribution in [1.82, 2.24) is 15.1 Å². The van der Waals surface area contributed by atoms with E-state index in [9.17, 15) is 9.59 Å². The van der Waals surface area contributed by atoms with Crippen molar-refractivity contribution in [2.75, 3.05) is 44.6 Å². The Hall–Kier alpha value is -4.28. The van der Waals surface area contributed by atoms with Crippen LogP contribution in [0.3, 0.4) is 0 Å². The molecule has 2 aliphatic rings. The Morgan fingerprint density at radius 2 is 1.86 bits per heavy atom. The number of nitrogens with zero attached hydrogens (tertiary/aromatic N) is 3. The minimum atomic E-state index is -0.289. The van der Waals surface area contributed by atoms with E-state index in [-0.39, 0.29) is 35.5 Å². The first-order chi connectivity index (χ1) is 21.5. The van der Waals surface area contributed by atoms with Gasteiger partial charge in [0.15, 0.2) is 11.5 Å². The SMILES string of the molecule is COc1ccc([C@@H]2SCC(=O)N(CC(=O)NC[C@H]3CCCO3)c3c2c(-c2ccccc2)nn3-c2cccc(C)c2)cc1OC. The number of hydrogen-bond donors (Lipinski definition) is 1. The molecule has 2 atom stereocenters. The largest absolute Gasteiger partial charge is 0.493 e. The number of carbonyl (C=O) groups excluding carboxylic acids is 2. The number of aryl methyl sites for hydroxylation is 1. The average Bonchev–Trinajstić information content (AvgIpc) is 3.69. The lowest BCUT2D eigenvalue weighted by molar-refractivity contribution is -0.123. The van der Waals surface area contributed by atoms with Crippen molar-refractivity contribution in [3.63, 3.8) is 0 Å². The number of rotatable bonds is 9. The van der Waals surface area contributed by atoms with Gasteiger partial charge in [0.25, 0.3) is 0 Å². The van der Waals surface area contributed by atoms with Crippen LogP contribution in [0.1, 0.15) is 34.8 Å². The molecule has 0 saturated carbocycles. The van der Waals surface area contributed by atoms with Crippen LogP contribution in [0.5, 0.6) is 11.5 Å². The standard InChI is InChI=1S/C34H36N4O5S/c1-22-9-7-12-25(17-22)38-34-31(32(36-38)23-10-5-4-6-11-23)33(24-14-15-27(41-2)28(18-24)42-3)44-21-30(40)37(34)20-29(39)35-19-26-13-8-16-43-26/h4-7,9-12,14-15,17-18,26,33H,8,13,16,19-21H2,1-3H3,(H,35,39)/t26-,33+/m1/s1. The zero-order valence-electron chi connectivity index (χ0n) is 25.1. The lowest BCUT2D eigenvalue weighted by Crippen LogP contribution is -2.44. The summed E-state index contributed by atoms with van der Waals surface area (Å²) in [6.45, 7) is 3.02. The smallest absolute Gasteiger partial charge is 0.240 e. The topological polar surface area (TPSA) is 94.9 Å². The molecule has 1 saturated heterocycles.